The van der Waals surface area contributed by atoms with Gasteiger partial charge in [0, 0.05) is 34.5 Å². The number of hydrogen-bond acceptors (Lipinski definition) is 0. The van der Waals surface area contributed by atoms with E-state index >= 15 is 0 Å². The van der Waals surface area contributed by atoms with Gasteiger partial charge in [-0.1, -0.05) is 6.92 Å². The molecule has 0 aliphatic heterocycles. The van der Waals surface area contributed by atoms with Crippen molar-refractivity contribution in [1.29, 1.82) is 0 Å². The summed E-state index contributed by atoms with van der Waals surface area (Å²) in [4.78, 5) is 0. The first-order valence-electron chi connectivity index (χ1n) is 9.85. The van der Waals surface area contributed by atoms with Crippen LogP contribution < -0.4 is 0 Å². The number of rotatable bonds is 1. The minimum absolute atomic E-state index is 0.346. The molecule has 1 nitrogen and oxygen atoms in total. The van der Waals surface area contributed by atoms with E-state index in [0.29, 0.717) is 11.0 Å². The van der Waals surface area contributed by atoms with Gasteiger partial charge in [0.25, 0.3) is 0 Å². The zero-order valence-electron chi connectivity index (χ0n) is 15.1. The Bertz CT molecular complexity index is 990. The molecule has 2 aromatic carbocycles. The standard InChI is InChI=1S/C23H23I2N/c1-22-9-14-6-15(10-22)12-23(11-14,13-22)26-20-4-2-16(24)7-18(20)19-8-17(25)3-5-21(19)26/h2-5,7-8,14-15H,6,9-13H2,1H3. The van der Waals surface area contributed by atoms with Crippen molar-refractivity contribution in [1.82, 2.24) is 4.57 Å². The lowest BCUT2D eigenvalue weighted by Crippen LogP contribution is -2.55. The summed E-state index contributed by atoms with van der Waals surface area (Å²) in [6, 6.07) is 14.2. The van der Waals surface area contributed by atoms with Gasteiger partial charge in [0.1, 0.15) is 0 Å². The largest absolute Gasteiger partial charge is 0.334 e. The molecule has 0 saturated heterocycles. The Balaban J connectivity index is 1.69. The van der Waals surface area contributed by atoms with Gasteiger partial charge >= 0.3 is 0 Å². The van der Waals surface area contributed by atoms with Crippen molar-refractivity contribution in [3.63, 3.8) is 0 Å². The van der Waals surface area contributed by atoms with E-state index in [0.717, 1.165) is 11.8 Å². The molecule has 0 N–H and O–H groups in total. The van der Waals surface area contributed by atoms with Crippen molar-refractivity contribution >= 4 is 67.0 Å². The number of fused-ring (bicyclic) bond motifs is 3. The fraction of sp³-hybridized carbons (Fsp3) is 0.478. The predicted molar refractivity (Wildman–Crippen MR) is 126 cm³/mol. The molecular formula is C23H23I2N. The van der Waals surface area contributed by atoms with Crippen LogP contribution in [0.3, 0.4) is 0 Å². The summed E-state index contributed by atoms with van der Waals surface area (Å²) in [5.74, 6) is 1.89. The summed E-state index contributed by atoms with van der Waals surface area (Å²) < 4.78 is 5.48. The first kappa shape index (κ1) is 16.6. The molecule has 4 aliphatic rings. The van der Waals surface area contributed by atoms with E-state index in [4.69, 9.17) is 0 Å². The van der Waals surface area contributed by atoms with Crippen molar-refractivity contribution in [3.8, 4) is 0 Å². The first-order chi connectivity index (χ1) is 12.4. The predicted octanol–water partition coefficient (Wildman–Crippen LogP) is 7.32. The van der Waals surface area contributed by atoms with Crippen LogP contribution in [0, 0.1) is 24.4 Å². The van der Waals surface area contributed by atoms with Crippen molar-refractivity contribution in [2.75, 3.05) is 0 Å². The molecule has 4 saturated carbocycles. The molecule has 0 radical (unpaired) electrons. The maximum Gasteiger partial charge on any atom is 0.0497 e. The van der Waals surface area contributed by atoms with Crippen LogP contribution in [-0.4, -0.2) is 4.57 Å². The van der Waals surface area contributed by atoms with E-state index in [9.17, 15) is 0 Å². The maximum absolute atomic E-state index is 2.81. The Kier molecular flexibility index (Phi) is 3.45. The first-order valence-corrected chi connectivity index (χ1v) is 12.0. The third-order valence-corrected chi connectivity index (χ3v) is 8.83. The lowest BCUT2D eigenvalue weighted by atomic mass is 9.47. The summed E-state index contributed by atoms with van der Waals surface area (Å²) in [6.07, 6.45) is 8.61. The number of aromatic nitrogens is 1. The fourth-order valence-electron chi connectivity index (χ4n) is 7.41. The molecule has 3 heteroatoms. The van der Waals surface area contributed by atoms with E-state index in [1.54, 1.807) is 0 Å². The van der Waals surface area contributed by atoms with Crippen molar-refractivity contribution < 1.29 is 0 Å². The Morgan fingerprint density at radius 3 is 1.88 bits per heavy atom. The van der Waals surface area contributed by atoms with Crippen LogP contribution in [0.25, 0.3) is 21.8 Å². The molecule has 1 aromatic heterocycles. The van der Waals surface area contributed by atoms with Gasteiger partial charge < -0.3 is 4.57 Å². The Morgan fingerprint density at radius 1 is 0.846 bits per heavy atom. The topological polar surface area (TPSA) is 4.93 Å². The SMILES string of the molecule is CC12CC3CC(C1)CC(n1c4ccc(I)cc4c4cc(I)ccc41)(C3)C2. The van der Waals surface area contributed by atoms with E-state index in [-0.39, 0.29) is 0 Å². The lowest BCUT2D eigenvalue weighted by Gasteiger charge is -2.62. The van der Waals surface area contributed by atoms with Crippen LogP contribution in [-0.2, 0) is 5.54 Å². The molecule has 2 atom stereocenters. The number of hydrogen-bond donors (Lipinski definition) is 0. The van der Waals surface area contributed by atoms with Crippen LogP contribution in [0.1, 0.15) is 45.4 Å². The molecule has 0 amide bonds. The second kappa shape index (κ2) is 5.40. The monoisotopic (exact) mass is 567 g/mol. The molecular weight excluding hydrogens is 544 g/mol. The molecule has 7 rings (SSSR count). The zero-order valence-corrected chi connectivity index (χ0v) is 19.4. The molecule has 4 fully saturated rings. The van der Waals surface area contributed by atoms with E-state index < -0.39 is 0 Å². The number of benzene rings is 2. The highest BCUT2D eigenvalue weighted by molar-refractivity contribution is 14.1. The molecule has 26 heavy (non-hydrogen) atoms. The van der Waals surface area contributed by atoms with Gasteiger partial charge in [-0.05, 0) is 137 Å². The van der Waals surface area contributed by atoms with Crippen molar-refractivity contribution in [3.05, 3.63) is 43.5 Å². The van der Waals surface area contributed by atoms with Gasteiger partial charge in [-0.2, -0.15) is 0 Å². The normalized spacial score (nSPS) is 35.7. The number of halogens is 2. The smallest absolute Gasteiger partial charge is 0.0497 e. The van der Waals surface area contributed by atoms with Gasteiger partial charge in [0.2, 0.25) is 0 Å². The average molecular weight is 567 g/mol. The lowest BCUT2D eigenvalue weighted by molar-refractivity contribution is -0.0888. The molecule has 4 aliphatic carbocycles. The van der Waals surface area contributed by atoms with E-state index in [1.165, 1.54) is 67.5 Å². The van der Waals surface area contributed by atoms with Crippen LogP contribution in [0.5, 0.6) is 0 Å². The average Bonchev–Trinajstić information content (AvgIpc) is 2.86. The summed E-state index contributed by atoms with van der Waals surface area (Å²) in [5.41, 5.74) is 3.85. The van der Waals surface area contributed by atoms with Gasteiger partial charge in [0.15, 0.2) is 0 Å². The third-order valence-electron chi connectivity index (χ3n) is 7.49. The van der Waals surface area contributed by atoms with Crippen LogP contribution in [0.4, 0.5) is 0 Å². The highest BCUT2D eigenvalue weighted by Crippen LogP contribution is 2.65. The highest BCUT2D eigenvalue weighted by Gasteiger charge is 2.57. The summed E-state index contributed by atoms with van der Waals surface area (Å²) in [5, 5.41) is 2.90. The van der Waals surface area contributed by atoms with E-state index in [1.807, 2.05) is 0 Å². The Morgan fingerprint density at radius 2 is 1.38 bits per heavy atom. The second-order valence-electron chi connectivity index (χ2n) is 9.65. The minimum Gasteiger partial charge on any atom is -0.334 e. The molecule has 0 spiro atoms. The molecule has 134 valence electrons. The molecule has 2 unspecified atom stereocenters. The minimum atomic E-state index is 0.346. The highest BCUT2D eigenvalue weighted by atomic mass is 127. The van der Waals surface area contributed by atoms with Gasteiger partial charge in [-0.15, -0.1) is 0 Å². The van der Waals surface area contributed by atoms with Gasteiger partial charge in [0.05, 0.1) is 0 Å². The summed E-state index contributed by atoms with van der Waals surface area (Å²) in [6.45, 7) is 2.58. The van der Waals surface area contributed by atoms with Crippen LogP contribution in [0.15, 0.2) is 36.4 Å². The third kappa shape index (κ3) is 2.25. The maximum atomic E-state index is 2.81. The van der Waals surface area contributed by atoms with Gasteiger partial charge in [-0.25, -0.2) is 0 Å². The Labute approximate surface area is 182 Å². The van der Waals surface area contributed by atoms with E-state index in [2.05, 4.69) is 93.1 Å². The summed E-state index contributed by atoms with van der Waals surface area (Å²) in [7, 11) is 0. The zero-order chi connectivity index (χ0) is 17.7. The molecule has 3 aromatic rings. The molecule has 4 bridgehead atoms. The second-order valence-corrected chi connectivity index (χ2v) is 12.1. The van der Waals surface area contributed by atoms with Crippen LogP contribution in [0.2, 0.25) is 0 Å². The fourth-order valence-corrected chi connectivity index (χ4v) is 8.39. The van der Waals surface area contributed by atoms with Gasteiger partial charge in [-0.3, -0.25) is 0 Å². The van der Waals surface area contributed by atoms with Crippen molar-refractivity contribution in [2.24, 2.45) is 17.3 Å². The quantitative estimate of drug-likeness (QED) is 0.272. The van der Waals surface area contributed by atoms with Crippen molar-refractivity contribution in [2.45, 2.75) is 51.0 Å². The molecule has 1 heterocycles. The Hall–Kier alpha value is -0.300. The number of nitrogens with zero attached hydrogens (tertiary/aromatic N) is 1. The van der Waals surface area contributed by atoms with Crippen LogP contribution >= 0.6 is 45.2 Å². The summed E-state index contributed by atoms with van der Waals surface area (Å²) >= 11 is 4.92.